The quantitative estimate of drug-likeness (QED) is 0.660. The fourth-order valence-electron chi connectivity index (χ4n) is 2.26. The van der Waals surface area contributed by atoms with Crippen molar-refractivity contribution < 1.29 is 23.5 Å². The van der Waals surface area contributed by atoms with Crippen LogP contribution < -0.4 is 9.47 Å². The Balaban J connectivity index is 1.41. The molecule has 1 aliphatic heterocycles. The fraction of sp³-hybridized carbons (Fsp3) is 0.118. The maximum Gasteiger partial charge on any atom is 0.338 e. The monoisotopic (exact) mass is 358 g/mol. The molecule has 25 heavy (non-hydrogen) atoms. The molecule has 0 amide bonds. The van der Waals surface area contributed by atoms with Crippen LogP contribution in [0.4, 0.5) is 0 Å². The lowest BCUT2D eigenvalue weighted by molar-refractivity contribution is 0.0429. The molecule has 0 fully saturated rings. The molecule has 0 aliphatic carbocycles. The average molecular weight is 359 g/mol. The number of hydrogen-bond acceptors (Lipinski definition) is 7. The van der Waals surface area contributed by atoms with Crippen molar-refractivity contribution in [3.8, 4) is 22.9 Å². The molecule has 0 saturated heterocycles. The highest BCUT2D eigenvalue weighted by Crippen LogP contribution is 2.32. The lowest BCUT2D eigenvalue weighted by Gasteiger charge is -2.03. The second kappa shape index (κ2) is 6.45. The third-order valence-electron chi connectivity index (χ3n) is 3.51. The van der Waals surface area contributed by atoms with Gasteiger partial charge in [-0.05, 0) is 42.5 Å². The van der Waals surface area contributed by atoms with Crippen LogP contribution in [0.15, 0.2) is 47.0 Å². The Kier molecular flexibility index (Phi) is 3.99. The van der Waals surface area contributed by atoms with E-state index in [-0.39, 0.29) is 19.3 Å². The highest BCUT2D eigenvalue weighted by molar-refractivity contribution is 6.30. The minimum Gasteiger partial charge on any atom is -0.454 e. The minimum absolute atomic E-state index is 0.131. The van der Waals surface area contributed by atoms with Crippen LogP contribution in [0.3, 0.4) is 0 Å². The zero-order valence-electron chi connectivity index (χ0n) is 12.8. The Bertz CT molecular complexity index is 923. The number of halogens is 1. The van der Waals surface area contributed by atoms with E-state index >= 15 is 0 Å². The van der Waals surface area contributed by atoms with Crippen molar-refractivity contribution in [1.29, 1.82) is 0 Å². The van der Waals surface area contributed by atoms with Crippen molar-refractivity contribution in [3.63, 3.8) is 0 Å². The van der Waals surface area contributed by atoms with Gasteiger partial charge in [-0.1, -0.05) is 16.8 Å². The first-order valence-electron chi connectivity index (χ1n) is 7.34. The van der Waals surface area contributed by atoms with Crippen molar-refractivity contribution in [2.75, 3.05) is 6.79 Å². The van der Waals surface area contributed by atoms with Crippen LogP contribution in [0.2, 0.25) is 5.02 Å². The summed E-state index contributed by atoms with van der Waals surface area (Å²) >= 11 is 5.84. The van der Waals surface area contributed by atoms with Gasteiger partial charge in [-0.3, -0.25) is 0 Å². The SMILES string of the molecule is O=C(OCc1nc(-c2ccc(Cl)cc2)no1)c1ccc2c(c1)OCO2. The van der Waals surface area contributed by atoms with E-state index in [0.29, 0.717) is 27.9 Å². The highest BCUT2D eigenvalue weighted by atomic mass is 35.5. The van der Waals surface area contributed by atoms with E-state index in [1.54, 1.807) is 42.5 Å². The van der Waals surface area contributed by atoms with Crippen LogP contribution in [0.5, 0.6) is 11.5 Å². The molecule has 1 aliphatic rings. The Hall–Kier alpha value is -3.06. The molecule has 0 bridgehead atoms. The number of rotatable bonds is 4. The van der Waals surface area contributed by atoms with E-state index in [4.69, 9.17) is 30.3 Å². The largest absolute Gasteiger partial charge is 0.454 e. The van der Waals surface area contributed by atoms with Gasteiger partial charge < -0.3 is 18.7 Å². The summed E-state index contributed by atoms with van der Waals surface area (Å²) in [5.74, 6) is 1.17. The molecule has 8 heteroatoms. The standard InChI is InChI=1S/C17H11ClN2O5/c18-12-4-1-10(2-5-12)16-19-15(25-20-16)8-22-17(21)11-3-6-13-14(7-11)24-9-23-13/h1-7H,8-9H2. The molecule has 7 nitrogen and oxygen atoms in total. The van der Waals surface area contributed by atoms with E-state index in [1.165, 1.54) is 0 Å². The van der Waals surface area contributed by atoms with Gasteiger partial charge in [-0.15, -0.1) is 0 Å². The normalized spacial score (nSPS) is 12.2. The Morgan fingerprint density at radius 3 is 2.76 bits per heavy atom. The molecule has 2 aromatic carbocycles. The maximum absolute atomic E-state index is 12.1. The molecule has 0 N–H and O–H groups in total. The van der Waals surface area contributed by atoms with Gasteiger partial charge in [0, 0.05) is 10.6 Å². The van der Waals surface area contributed by atoms with Gasteiger partial charge in [0.2, 0.25) is 12.6 Å². The number of nitrogens with zero attached hydrogens (tertiary/aromatic N) is 2. The van der Waals surface area contributed by atoms with E-state index in [9.17, 15) is 4.79 Å². The first-order chi connectivity index (χ1) is 12.2. The molecular formula is C17H11ClN2O5. The Labute approximate surface area is 147 Å². The Morgan fingerprint density at radius 1 is 1.12 bits per heavy atom. The Morgan fingerprint density at radius 2 is 1.92 bits per heavy atom. The third kappa shape index (κ3) is 3.27. The summed E-state index contributed by atoms with van der Waals surface area (Å²) in [6, 6.07) is 11.8. The molecular weight excluding hydrogens is 348 g/mol. The number of fused-ring (bicyclic) bond motifs is 1. The first-order valence-corrected chi connectivity index (χ1v) is 7.72. The van der Waals surface area contributed by atoms with Crippen LogP contribution in [-0.2, 0) is 11.3 Å². The topological polar surface area (TPSA) is 83.7 Å². The number of benzene rings is 2. The zero-order valence-corrected chi connectivity index (χ0v) is 13.5. The van der Waals surface area contributed by atoms with Crippen LogP contribution >= 0.6 is 11.6 Å². The van der Waals surface area contributed by atoms with Crippen LogP contribution in [0.1, 0.15) is 16.2 Å². The molecule has 126 valence electrons. The molecule has 0 spiro atoms. The van der Waals surface area contributed by atoms with Crippen molar-refractivity contribution >= 4 is 17.6 Å². The number of carbonyl (C=O) groups is 1. The lowest BCUT2D eigenvalue weighted by Crippen LogP contribution is -2.05. The van der Waals surface area contributed by atoms with Gasteiger partial charge in [0.25, 0.3) is 5.89 Å². The first kappa shape index (κ1) is 15.5. The zero-order chi connectivity index (χ0) is 17.2. The molecule has 4 rings (SSSR count). The van der Waals surface area contributed by atoms with Crippen molar-refractivity contribution in [1.82, 2.24) is 10.1 Å². The molecule has 2 heterocycles. The van der Waals surface area contributed by atoms with E-state index in [1.807, 2.05) is 0 Å². The highest BCUT2D eigenvalue weighted by Gasteiger charge is 2.18. The van der Waals surface area contributed by atoms with Gasteiger partial charge in [0.1, 0.15) is 0 Å². The summed E-state index contributed by atoms with van der Waals surface area (Å²) < 4.78 is 20.7. The fourth-order valence-corrected chi connectivity index (χ4v) is 2.39. The van der Waals surface area contributed by atoms with E-state index < -0.39 is 5.97 Å². The molecule has 0 unspecified atom stereocenters. The summed E-state index contributed by atoms with van der Waals surface area (Å²) in [6.07, 6.45) is 0. The summed E-state index contributed by atoms with van der Waals surface area (Å²) in [5, 5.41) is 4.47. The van der Waals surface area contributed by atoms with Crippen molar-refractivity contribution in [2.45, 2.75) is 6.61 Å². The van der Waals surface area contributed by atoms with Crippen LogP contribution in [0.25, 0.3) is 11.4 Å². The number of hydrogen-bond donors (Lipinski definition) is 0. The molecule has 3 aromatic rings. The van der Waals surface area contributed by atoms with Gasteiger partial charge in [-0.25, -0.2) is 4.79 Å². The van der Waals surface area contributed by atoms with E-state index in [2.05, 4.69) is 10.1 Å². The predicted molar refractivity (Wildman–Crippen MR) is 86.4 cm³/mol. The van der Waals surface area contributed by atoms with Gasteiger partial charge in [-0.2, -0.15) is 4.98 Å². The summed E-state index contributed by atoms with van der Waals surface area (Å²) in [5.41, 5.74) is 1.10. The van der Waals surface area contributed by atoms with Gasteiger partial charge in [0.15, 0.2) is 18.1 Å². The van der Waals surface area contributed by atoms with Crippen molar-refractivity contribution in [3.05, 3.63) is 58.9 Å². The molecule has 1 aromatic heterocycles. The van der Waals surface area contributed by atoms with Crippen LogP contribution in [0, 0.1) is 0 Å². The van der Waals surface area contributed by atoms with Crippen molar-refractivity contribution in [2.24, 2.45) is 0 Å². The second-order valence-corrected chi connectivity index (χ2v) is 5.60. The third-order valence-corrected chi connectivity index (χ3v) is 3.76. The van der Waals surface area contributed by atoms with E-state index in [0.717, 1.165) is 5.56 Å². The maximum atomic E-state index is 12.1. The van der Waals surface area contributed by atoms with Gasteiger partial charge >= 0.3 is 5.97 Å². The predicted octanol–water partition coefficient (Wildman–Crippen LogP) is 3.48. The average Bonchev–Trinajstić information content (AvgIpc) is 3.29. The number of esters is 1. The summed E-state index contributed by atoms with van der Waals surface area (Å²) in [4.78, 5) is 16.3. The molecule has 0 radical (unpaired) electrons. The smallest absolute Gasteiger partial charge is 0.338 e. The molecule has 0 atom stereocenters. The van der Waals surface area contributed by atoms with Gasteiger partial charge in [0.05, 0.1) is 5.56 Å². The lowest BCUT2D eigenvalue weighted by atomic mass is 10.2. The summed E-state index contributed by atoms with van der Waals surface area (Å²) in [6.45, 7) is 0.0111. The summed E-state index contributed by atoms with van der Waals surface area (Å²) in [7, 11) is 0. The molecule has 0 saturated carbocycles. The number of aromatic nitrogens is 2. The second-order valence-electron chi connectivity index (χ2n) is 5.16. The minimum atomic E-state index is -0.524. The number of ether oxygens (including phenoxy) is 3. The van der Waals surface area contributed by atoms with Crippen LogP contribution in [-0.4, -0.2) is 22.9 Å². The number of carbonyl (C=O) groups excluding carboxylic acids is 1.